The summed E-state index contributed by atoms with van der Waals surface area (Å²) in [7, 11) is 1.92. The van der Waals surface area contributed by atoms with Crippen LogP contribution in [0.4, 0.5) is 11.4 Å². The Balaban J connectivity index is 1.51. The summed E-state index contributed by atoms with van der Waals surface area (Å²) in [6.45, 7) is 4.84. The van der Waals surface area contributed by atoms with Gasteiger partial charge in [0, 0.05) is 30.9 Å². The molecule has 3 rings (SSSR count). The fourth-order valence-electron chi connectivity index (χ4n) is 3.08. The molecule has 27 heavy (non-hydrogen) atoms. The van der Waals surface area contributed by atoms with Crippen LogP contribution in [0.2, 0.25) is 0 Å². The van der Waals surface area contributed by atoms with Crippen molar-refractivity contribution in [2.75, 3.05) is 23.8 Å². The van der Waals surface area contributed by atoms with Crippen LogP contribution in [0.1, 0.15) is 29.5 Å². The molecule has 0 spiro atoms. The Kier molecular flexibility index (Phi) is 5.79. The van der Waals surface area contributed by atoms with Gasteiger partial charge in [0.1, 0.15) is 0 Å². The third-order valence-corrected chi connectivity index (χ3v) is 4.66. The van der Waals surface area contributed by atoms with Gasteiger partial charge in [-0.05, 0) is 67.6 Å². The largest absolute Gasteiger partial charge is 0.365 e. The lowest BCUT2D eigenvalue weighted by Crippen LogP contribution is -2.34. The summed E-state index contributed by atoms with van der Waals surface area (Å²) in [4.78, 5) is 26.1. The Morgan fingerprint density at radius 2 is 1.78 bits per heavy atom. The highest BCUT2D eigenvalue weighted by molar-refractivity contribution is 5.94. The van der Waals surface area contributed by atoms with E-state index in [1.54, 1.807) is 0 Å². The summed E-state index contributed by atoms with van der Waals surface area (Å²) in [6, 6.07) is 13.9. The van der Waals surface area contributed by atoms with E-state index in [-0.39, 0.29) is 17.7 Å². The molecule has 0 bridgehead atoms. The predicted molar refractivity (Wildman–Crippen MR) is 109 cm³/mol. The molecule has 2 amide bonds. The van der Waals surface area contributed by atoms with Crippen LogP contribution in [0, 0.1) is 19.8 Å². The first-order chi connectivity index (χ1) is 12.9. The van der Waals surface area contributed by atoms with Crippen molar-refractivity contribution < 1.29 is 9.59 Å². The first kappa shape index (κ1) is 19.0. The standard InChI is InChI=1S/C22H27N3O2/c1-15-9-16(2)11-20(10-15)25(3)14-21(26)23-13-17-5-4-6-19(12-17)24-22(27)18-7-8-18/h4-6,9-12,18H,7-8,13-14H2,1-3H3,(H,23,26)(H,24,27). The quantitative estimate of drug-likeness (QED) is 0.790. The van der Waals surface area contributed by atoms with Crippen molar-refractivity contribution in [2.45, 2.75) is 33.2 Å². The minimum Gasteiger partial charge on any atom is -0.365 e. The van der Waals surface area contributed by atoms with Gasteiger partial charge in [-0.25, -0.2) is 0 Å². The molecule has 0 heterocycles. The van der Waals surface area contributed by atoms with Gasteiger partial charge in [-0.3, -0.25) is 9.59 Å². The van der Waals surface area contributed by atoms with Crippen molar-refractivity contribution in [1.29, 1.82) is 0 Å². The highest BCUT2D eigenvalue weighted by Crippen LogP contribution is 2.30. The maximum Gasteiger partial charge on any atom is 0.239 e. The predicted octanol–water partition coefficient (Wildman–Crippen LogP) is 3.40. The van der Waals surface area contributed by atoms with Crippen LogP contribution in [-0.4, -0.2) is 25.4 Å². The maximum absolute atomic E-state index is 12.3. The topological polar surface area (TPSA) is 61.4 Å². The van der Waals surface area contributed by atoms with Gasteiger partial charge in [0.25, 0.3) is 0 Å². The van der Waals surface area contributed by atoms with Crippen molar-refractivity contribution in [3.63, 3.8) is 0 Å². The van der Waals surface area contributed by atoms with Crippen molar-refractivity contribution in [3.05, 3.63) is 59.2 Å². The van der Waals surface area contributed by atoms with E-state index >= 15 is 0 Å². The normalized spacial score (nSPS) is 13.1. The second-order valence-corrected chi connectivity index (χ2v) is 7.44. The second-order valence-electron chi connectivity index (χ2n) is 7.44. The van der Waals surface area contributed by atoms with Gasteiger partial charge in [0.15, 0.2) is 0 Å². The van der Waals surface area contributed by atoms with Gasteiger partial charge in [-0.1, -0.05) is 18.2 Å². The number of likely N-dealkylation sites (N-methyl/N-ethyl adjacent to an activating group) is 1. The fraction of sp³-hybridized carbons (Fsp3) is 0.364. The first-order valence-electron chi connectivity index (χ1n) is 9.36. The minimum atomic E-state index is -0.0379. The fourth-order valence-corrected chi connectivity index (χ4v) is 3.08. The molecule has 2 aromatic carbocycles. The minimum absolute atomic E-state index is 0.0379. The molecule has 0 atom stereocenters. The van der Waals surface area contributed by atoms with E-state index in [2.05, 4.69) is 42.7 Å². The van der Waals surface area contributed by atoms with Crippen molar-refractivity contribution >= 4 is 23.2 Å². The number of benzene rings is 2. The molecule has 142 valence electrons. The number of amides is 2. The highest BCUT2D eigenvalue weighted by atomic mass is 16.2. The highest BCUT2D eigenvalue weighted by Gasteiger charge is 2.29. The van der Waals surface area contributed by atoms with Crippen LogP contribution in [0.15, 0.2) is 42.5 Å². The average Bonchev–Trinajstić information content (AvgIpc) is 3.44. The molecule has 0 aromatic heterocycles. The number of aryl methyl sites for hydroxylation is 2. The first-order valence-corrected chi connectivity index (χ1v) is 9.36. The maximum atomic E-state index is 12.3. The lowest BCUT2D eigenvalue weighted by molar-refractivity contribution is -0.120. The molecule has 0 unspecified atom stereocenters. The van der Waals surface area contributed by atoms with Crippen molar-refractivity contribution in [1.82, 2.24) is 5.32 Å². The van der Waals surface area contributed by atoms with Gasteiger partial charge in [-0.2, -0.15) is 0 Å². The zero-order valence-corrected chi connectivity index (χ0v) is 16.2. The summed E-state index contributed by atoms with van der Waals surface area (Å²) in [5, 5.41) is 5.89. The van der Waals surface area contributed by atoms with Crippen molar-refractivity contribution in [3.8, 4) is 0 Å². The number of hydrogen-bond acceptors (Lipinski definition) is 3. The number of rotatable bonds is 7. The van der Waals surface area contributed by atoms with E-state index < -0.39 is 0 Å². The SMILES string of the molecule is Cc1cc(C)cc(N(C)CC(=O)NCc2cccc(NC(=O)C3CC3)c2)c1. The van der Waals surface area contributed by atoms with Gasteiger partial charge < -0.3 is 15.5 Å². The number of nitrogens with zero attached hydrogens (tertiary/aromatic N) is 1. The average molecular weight is 365 g/mol. The zero-order chi connectivity index (χ0) is 19.4. The molecule has 1 fully saturated rings. The van der Waals surface area contributed by atoms with Crippen LogP contribution in [0.25, 0.3) is 0 Å². The lowest BCUT2D eigenvalue weighted by atomic mass is 10.1. The number of hydrogen-bond donors (Lipinski definition) is 2. The number of nitrogens with one attached hydrogen (secondary N) is 2. The third kappa shape index (κ3) is 5.58. The molecule has 0 saturated heterocycles. The van der Waals surface area contributed by atoms with Crippen LogP contribution in [0.5, 0.6) is 0 Å². The van der Waals surface area contributed by atoms with Crippen LogP contribution >= 0.6 is 0 Å². The van der Waals surface area contributed by atoms with E-state index in [4.69, 9.17) is 0 Å². The van der Waals surface area contributed by atoms with E-state index in [1.165, 1.54) is 11.1 Å². The summed E-state index contributed by atoms with van der Waals surface area (Å²) >= 11 is 0. The van der Waals surface area contributed by atoms with E-state index in [0.717, 1.165) is 29.8 Å². The molecule has 5 nitrogen and oxygen atoms in total. The van der Waals surface area contributed by atoms with Gasteiger partial charge >= 0.3 is 0 Å². The second kappa shape index (κ2) is 8.25. The number of carbonyl (C=O) groups is 2. The van der Waals surface area contributed by atoms with Crippen LogP contribution < -0.4 is 15.5 Å². The molecular weight excluding hydrogens is 338 g/mol. The zero-order valence-electron chi connectivity index (χ0n) is 16.2. The molecule has 1 aliphatic carbocycles. The molecule has 1 aliphatic rings. The van der Waals surface area contributed by atoms with Crippen molar-refractivity contribution in [2.24, 2.45) is 5.92 Å². The number of anilines is 2. The Morgan fingerprint density at radius 3 is 2.44 bits per heavy atom. The van der Waals surface area contributed by atoms with Gasteiger partial charge in [0.2, 0.25) is 11.8 Å². The summed E-state index contributed by atoms with van der Waals surface area (Å²) in [6.07, 6.45) is 1.96. The van der Waals surface area contributed by atoms with E-state index in [0.29, 0.717) is 13.1 Å². The smallest absolute Gasteiger partial charge is 0.239 e. The molecule has 2 N–H and O–H groups in total. The Morgan fingerprint density at radius 1 is 1.07 bits per heavy atom. The van der Waals surface area contributed by atoms with Gasteiger partial charge in [-0.15, -0.1) is 0 Å². The molecule has 5 heteroatoms. The van der Waals surface area contributed by atoms with E-state index in [9.17, 15) is 9.59 Å². The summed E-state index contributed by atoms with van der Waals surface area (Å²) < 4.78 is 0. The van der Waals surface area contributed by atoms with Crippen LogP contribution in [0.3, 0.4) is 0 Å². The summed E-state index contributed by atoms with van der Waals surface area (Å²) in [5.41, 5.74) is 5.15. The summed E-state index contributed by atoms with van der Waals surface area (Å²) in [5.74, 6) is 0.226. The lowest BCUT2D eigenvalue weighted by Gasteiger charge is -2.20. The van der Waals surface area contributed by atoms with E-state index in [1.807, 2.05) is 36.2 Å². The molecule has 0 radical (unpaired) electrons. The third-order valence-electron chi connectivity index (χ3n) is 4.66. The van der Waals surface area contributed by atoms with Gasteiger partial charge in [0.05, 0.1) is 6.54 Å². The molecule has 0 aliphatic heterocycles. The number of carbonyl (C=O) groups excluding carboxylic acids is 2. The Hall–Kier alpha value is -2.82. The Labute approximate surface area is 160 Å². The molecular formula is C22H27N3O2. The molecule has 1 saturated carbocycles. The monoisotopic (exact) mass is 365 g/mol. The Bertz CT molecular complexity index is 823. The molecule has 2 aromatic rings. The van der Waals surface area contributed by atoms with Crippen LogP contribution in [-0.2, 0) is 16.1 Å².